The molecule has 5 aromatic rings. The topological polar surface area (TPSA) is 237 Å². The number of hydrogen-bond acceptors (Lipinski definition) is 14. The van der Waals surface area contributed by atoms with Crippen molar-refractivity contribution in [3.8, 4) is 40.2 Å². The first kappa shape index (κ1) is 46.4. The summed E-state index contributed by atoms with van der Waals surface area (Å²) in [5, 5.41) is 15.9. The normalized spacial score (nSPS) is 16.5. The minimum atomic E-state index is -1.93. The summed E-state index contributed by atoms with van der Waals surface area (Å²) in [5.41, 5.74) is -1.59. The van der Waals surface area contributed by atoms with Gasteiger partial charge in [-0.25, -0.2) is 9.59 Å². The van der Waals surface area contributed by atoms with Crippen LogP contribution in [-0.2, 0) is 28.7 Å². The van der Waals surface area contributed by atoms with E-state index >= 15 is 0 Å². The molecule has 0 bridgehead atoms. The van der Waals surface area contributed by atoms with Crippen LogP contribution in [0.1, 0.15) is 63.9 Å². The summed E-state index contributed by atoms with van der Waals surface area (Å²) in [4.78, 5) is 73.2. The Morgan fingerprint density at radius 1 is 0.515 bits per heavy atom. The van der Waals surface area contributed by atoms with E-state index in [1.54, 1.807) is 91.7 Å². The first-order valence-corrected chi connectivity index (χ1v) is 21.5. The smallest absolute Gasteiger partial charge is 0.328 e. The molecule has 1 saturated carbocycles. The summed E-state index contributed by atoms with van der Waals surface area (Å²) in [6.07, 6.45) is 8.17. The molecule has 19 heteroatoms. The van der Waals surface area contributed by atoms with Gasteiger partial charge >= 0.3 is 12.1 Å². The van der Waals surface area contributed by atoms with Crippen LogP contribution in [0.15, 0.2) is 110 Å². The van der Waals surface area contributed by atoms with Gasteiger partial charge in [-0.2, -0.15) is 0 Å². The van der Waals surface area contributed by atoms with Crippen LogP contribution >= 0.6 is 0 Å². The summed E-state index contributed by atoms with van der Waals surface area (Å²) in [7, 11) is 0. The van der Waals surface area contributed by atoms with Gasteiger partial charge in [0.2, 0.25) is 0 Å². The molecule has 8 rings (SSSR count). The first-order valence-electron chi connectivity index (χ1n) is 21.5. The fraction of sp³-hybridized carbons (Fsp3) is 0.319. The van der Waals surface area contributed by atoms with Gasteiger partial charge in [-0.15, -0.1) is 10.2 Å². The number of urea groups is 2. The standard InChI is InChI=1S/C25H28N2O6.C22H21N5O6/c1-2-31-16-15-25(22(28)26-24(30)27-23(25)29)33-21-13-11-20(12-14-21)32-19-9-7-18(8-10-19)17-5-3-4-6-17;1-2-31-12-11-22(19(28)25-21(30)26-20(22)29)33-18-9-7-17(8-10-18)32-16-5-3-15(4-6-16)27-13-23-24-14-27/h7-14,17H,2-6,15-16H2,1H3,(H2,26,27,28,29,30);3-10,13-14H,2,11-12H2,1H3,(H2,25,26,28,29,30). The van der Waals surface area contributed by atoms with Crippen molar-refractivity contribution in [1.29, 1.82) is 0 Å². The van der Waals surface area contributed by atoms with Crippen molar-refractivity contribution in [2.24, 2.45) is 0 Å². The monoisotopic (exact) mass is 903 g/mol. The first-order chi connectivity index (χ1) is 32.0. The van der Waals surface area contributed by atoms with Crippen molar-refractivity contribution < 1.29 is 57.2 Å². The molecule has 4 aromatic carbocycles. The van der Waals surface area contributed by atoms with Gasteiger partial charge in [-0.1, -0.05) is 25.0 Å². The highest BCUT2D eigenvalue weighted by Gasteiger charge is 2.54. The SMILES string of the molecule is CCOCCC1(Oc2ccc(Oc3ccc(-n4cnnc4)cc3)cc2)C(=O)NC(=O)NC1=O.CCOCCC1(Oc2ccc(Oc3ccc(C4CCCC4)cc3)cc2)C(=O)NC(=O)NC1=O. The van der Waals surface area contributed by atoms with Crippen LogP contribution in [0.2, 0.25) is 0 Å². The van der Waals surface area contributed by atoms with E-state index in [-0.39, 0.29) is 37.6 Å². The highest BCUT2D eigenvalue weighted by Crippen LogP contribution is 2.36. The van der Waals surface area contributed by atoms with Crippen LogP contribution in [0.5, 0.6) is 34.5 Å². The molecule has 19 nitrogen and oxygen atoms in total. The van der Waals surface area contributed by atoms with E-state index in [9.17, 15) is 28.8 Å². The van der Waals surface area contributed by atoms with Crippen LogP contribution in [0.3, 0.4) is 0 Å². The number of barbiturate groups is 2. The molecule has 8 amide bonds. The maximum atomic E-state index is 12.6. The number of nitrogens with one attached hydrogen (secondary N) is 4. The summed E-state index contributed by atoms with van der Waals surface area (Å²) in [6, 6.07) is 26.8. The summed E-state index contributed by atoms with van der Waals surface area (Å²) in [5.74, 6) is 0.307. The summed E-state index contributed by atoms with van der Waals surface area (Å²) < 4.78 is 35.7. The molecule has 66 heavy (non-hydrogen) atoms. The lowest BCUT2D eigenvalue weighted by Crippen LogP contribution is -2.69. The van der Waals surface area contributed by atoms with Crippen molar-refractivity contribution in [3.05, 3.63) is 115 Å². The fourth-order valence-electron chi connectivity index (χ4n) is 7.46. The van der Waals surface area contributed by atoms with E-state index in [0.29, 0.717) is 36.4 Å². The molecule has 4 N–H and O–H groups in total. The zero-order chi connectivity index (χ0) is 46.5. The number of imide groups is 4. The predicted octanol–water partition coefficient (Wildman–Crippen LogP) is 6.02. The minimum Gasteiger partial charge on any atom is -0.467 e. The van der Waals surface area contributed by atoms with Gasteiger partial charge in [0.25, 0.3) is 34.8 Å². The fourth-order valence-corrected chi connectivity index (χ4v) is 7.46. The number of rotatable bonds is 18. The average Bonchev–Trinajstić information content (AvgIpc) is 4.06. The molecular weight excluding hydrogens is 855 g/mol. The molecule has 0 unspecified atom stereocenters. The number of nitrogens with zero attached hydrogens (tertiary/aromatic N) is 3. The van der Waals surface area contributed by atoms with Gasteiger partial charge in [0.1, 0.15) is 47.2 Å². The number of amides is 8. The third-order valence-corrected chi connectivity index (χ3v) is 10.9. The Morgan fingerprint density at radius 3 is 1.24 bits per heavy atom. The number of hydrogen-bond donors (Lipinski definition) is 4. The number of benzene rings is 4. The molecule has 3 aliphatic rings. The van der Waals surface area contributed by atoms with Gasteiger partial charge in [0.15, 0.2) is 0 Å². The van der Waals surface area contributed by atoms with E-state index < -0.39 is 46.9 Å². The second kappa shape index (κ2) is 21.4. The zero-order valence-corrected chi connectivity index (χ0v) is 36.3. The molecule has 0 radical (unpaired) electrons. The number of carbonyl (C=O) groups excluding carboxylic acids is 6. The Labute approximate surface area is 379 Å². The lowest BCUT2D eigenvalue weighted by atomic mass is 9.95. The quantitative estimate of drug-likeness (QED) is 0.0582. The highest BCUT2D eigenvalue weighted by molar-refractivity contribution is 6.22. The number of carbonyl (C=O) groups is 6. The largest absolute Gasteiger partial charge is 0.467 e. The molecule has 2 saturated heterocycles. The van der Waals surface area contributed by atoms with E-state index in [1.807, 2.05) is 24.3 Å². The third kappa shape index (κ3) is 11.2. The molecule has 344 valence electrons. The molecule has 3 fully saturated rings. The summed E-state index contributed by atoms with van der Waals surface area (Å²) in [6.45, 7) is 4.64. The lowest BCUT2D eigenvalue weighted by molar-refractivity contribution is -0.154. The average molecular weight is 904 g/mol. The van der Waals surface area contributed by atoms with Crippen molar-refractivity contribution in [2.45, 2.75) is 69.5 Å². The number of aromatic nitrogens is 3. The molecule has 0 atom stereocenters. The van der Waals surface area contributed by atoms with Crippen LogP contribution in [0.25, 0.3) is 5.69 Å². The van der Waals surface area contributed by atoms with Gasteiger partial charge in [0.05, 0.1) is 13.2 Å². The highest BCUT2D eigenvalue weighted by atomic mass is 16.5. The Morgan fingerprint density at radius 2 is 0.864 bits per heavy atom. The number of ether oxygens (including phenoxy) is 6. The van der Waals surface area contributed by atoms with Gasteiger partial charge < -0.3 is 28.4 Å². The second-order valence-corrected chi connectivity index (χ2v) is 15.3. The maximum Gasteiger partial charge on any atom is 0.328 e. The van der Waals surface area contributed by atoms with E-state index in [2.05, 4.69) is 43.6 Å². The Kier molecular flexibility index (Phi) is 15.0. The van der Waals surface area contributed by atoms with Crippen molar-refractivity contribution in [3.63, 3.8) is 0 Å². The second-order valence-electron chi connectivity index (χ2n) is 15.3. The molecule has 0 spiro atoms. The van der Waals surface area contributed by atoms with Crippen LogP contribution < -0.4 is 40.2 Å². The maximum absolute atomic E-state index is 12.6. The minimum absolute atomic E-state index is 0.0443. The molecule has 2 aliphatic heterocycles. The van der Waals surface area contributed by atoms with E-state index in [0.717, 1.165) is 11.4 Å². The van der Waals surface area contributed by atoms with Crippen LogP contribution in [0, 0.1) is 0 Å². The molecule has 3 heterocycles. The van der Waals surface area contributed by atoms with E-state index in [1.165, 1.54) is 31.2 Å². The predicted molar refractivity (Wildman–Crippen MR) is 234 cm³/mol. The van der Waals surface area contributed by atoms with Crippen LogP contribution in [-0.4, -0.2) is 88.1 Å². The Balaban J connectivity index is 0.000000196. The van der Waals surface area contributed by atoms with Gasteiger partial charge in [-0.05, 0) is 123 Å². The molecule has 1 aliphatic carbocycles. The lowest BCUT2D eigenvalue weighted by Gasteiger charge is -2.34. The summed E-state index contributed by atoms with van der Waals surface area (Å²) >= 11 is 0. The van der Waals surface area contributed by atoms with Crippen molar-refractivity contribution in [2.75, 3.05) is 26.4 Å². The Hall–Kier alpha value is -7.64. The van der Waals surface area contributed by atoms with E-state index in [4.69, 9.17) is 28.4 Å². The van der Waals surface area contributed by atoms with Crippen molar-refractivity contribution in [1.82, 2.24) is 36.0 Å². The zero-order valence-electron chi connectivity index (χ0n) is 36.3. The Bertz CT molecular complexity index is 2430. The van der Waals surface area contributed by atoms with Crippen molar-refractivity contribution >= 4 is 35.7 Å². The molecule has 1 aromatic heterocycles. The third-order valence-electron chi connectivity index (χ3n) is 10.9. The van der Waals surface area contributed by atoms with Gasteiger partial charge in [0, 0.05) is 31.7 Å². The van der Waals surface area contributed by atoms with Crippen LogP contribution in [0.4, 0.5) is 9.59 Å². The van der Waals surface area contributed by atoms with Gasteiger partial charge in [-0.3, -0.25) is 45.0 Å². The molecular formula is C47H49N7O12.